The number of aromatic hydroxyl groups is 1. The van der Waals surface area contributed by atoms with Crippen molar-refractivity contribution in [2.45, 2.75) is 19.6 Å². The van der Waals surface area contributed by atoms with Gasteiger partial charge in [0.25, 0.3) is 0 Å². The molecule has 0 fully saturated rings. The number of hydrogen-bond donors (Lipinski definition) is 1. The average Bonchev–Trinajstić information content (AvgIpc) is 2.80. The van der Waals surface area contributed by atoms with Gasteiger partial charge in [-0.2, -0.15) is 5.11 Å². The first-order valence-electron chi connectivity index (χ1n) is 10.1. The quantitative estimate of drug-likeness (QED) is 0.0867. The molecule has 0 aliphatic rings. The van der Waals surface area contributed by atoms with Crippen LogP contribution < -0.4 is 118 Å². The minimum atomic E-state index is -5.63. The fraction of sp³-hybridized carbons (Fsp3) is 0.111. The minimum absolute atomic E-state index is 0. The molecule has 0 atom stereocenters. The Bertz CT molecular complexity index is 2140. The summed E-state index contributed by atoms with van der Waals surface area (Å²) < 4.78 is 165. The van der Waals surface area contributed by atoms with Crippen molar-refractivity contribution in [3.63, 3.8) is 0 Å². The van der Waals surface area contributed by atoms with E-state index in [0.717, 1.165) is 24.3 Å². The van der Waals surface area contributed by atoms with Crippen molar-refractivity contribution >= 4 is 72.7 Å². The van der Waals surface area contributed by atoms with Crippen LogP contribution in [0.3, 0.4) is 0 Å². The number of sulfone groups is 1. The predicted octanol–water partition coefficient (Wildman–Crippen LogP) is -12.1. The SMILES string of the molecule is O=S(=O)([O-])OCCS(=O)(=O)c1ccc(N=Nc2c(S(=O)(=O)[O-])cc3cc(S(=O)(=O)[O-])cc(S(=O)(=O)[O-])c3c2O)cc1.[Na+].[Na+].[Na+].[Na+]. The van der Waals surface area contributed by atoms with Gasteiger partial charge in [-0.3, -0.25) is 4.18 Å². The van der Waals surface area contributed by atoms with Gasteiger partial charge >= 0.3 is 118 Å². The van der Waals surface area contributed by atoms with Gasteiger partial charge in [-0.25, -0.2) is 42.1 Å². The van der Waals surface area contributed by atoms with E-state index >= 15 is 0 Å². The summed E-state index contributed by atoms with van der Waals surface area (Å²) in [5.74, 6) is -2.33. The third-order valence-electron chi connectivity index (χ3n) is 4.96. The second kappa shape index (κ2) is 17.7. The average molecular weight is 765 g/mol. The Morgan fingerprint density at radius 2 is 1.16 bits per heavy atom. The molecule has 3 aromatic carbocycles. The van der Waals surface area contributed by atoms with Crippen molar-refractivity contribution in [1.29, 1.82) is 0 Å². The Morgan fingerprint density at radius 1 is 0.644 bits per heavy atom. The Balaban J connectivity index is 0. The third kappa shape index (κ3) is 12.9. The number of azo groups is 1. The first-order valence-corrected chi connectivity index (χ1v) is 17.3. The zero-order valence-corrected chi connectivity index (χ0v) is 35.5. The van der Waals surface area contributed by atoms with Crippen molar-refractivity contribution in [2.24, 2.45) is 10.2 Å². The molecule has 1 N–H and O–H groups in total. The fourth-order valence-corrected chi connectivity index (χ4v) is 6.71. The maximum absolute atomic E-state index is 12.2. The molecule has 0 radical (unpaired) electrons. The molecule has 0 aliphatic heterocycles. The van der Waals surface area contributed by atoms with Crippen LogP contribution in [0.2, 0.25) is 0 Å². The molecule has 0 aliphatic carbocycles. The Morgan fingerprint density at radius 3 is 1.60 bits per heavy atom. The summed E-state index contributed by atoms with van der Waals surface area (Å²) in [5.41, 5.74) is -1.44. The van der Waals surface area contributed by atoms with Crippen molar-refractivity contribution in [1.82, 2.24) is 0 Å². The molecule has 0 heterocycles. The fourth-order valence-electron chi connectivity index (χ4n) is 3.24. The zero-order chi connectivity index (χ0) is 31.2. The number of phenols is 1. The second-order valence-electron chi connectivity index (χ2n) is 7.70. The summed E-state index contributed by atoms with van der Waals surface area (Å²) >= 11 is 0. The van der Waals surface area contributed by atoms with Gasteiger partial charge in [0, 0.05) is 5.39 Å². The maximum Gasteiger partial charge on any atom is 1.00 e. The summed E-state index contributed by atoms with van der Waals surface area (Å²) in [6.45, 7) is -0.980. The van der Waals surface area contributed by atoms with Gasteiger partial charge < -0.3 is 23.3 Å². The van der Waals surface area contributed by atoms with Gasteiger partial charge in [0.15, 0.2) is 15.6 Å². The van der Waals surface area contributed by atoms with E-state index in [4.69, 9.17) is 0 Å². The molecule has 0 saturated carbocycles. The summed E-state index contributed by atoms with van der Waals surface area (Å²) in [6, 6.07) is 4.69. The summed E-state index contributed by atoms with van der Waals surface area (Å²) in [7, 11) is -25.9. The first-order chi connectivity index (χ1) is 18.5. The van der Waals surface area contributed by atoms with Gasteiger partial charge in [-0.15, -0.1) is 5.11 Å². The smallest absolute Gasteiger partial charge is 0.744 e. The normalized spacial score (nSPS) is 12.4. The van der Waals surface area contributed by atoms with Gasteiger partial charge in [-0.1, -0.05) is 0 Å². The molecule has 0 unspecified atom stereocenters. The minimum Gasteiger partial charge on any atom is -0.744 e. The molecular formula is C18H12N2Na4O16S5. The molecule has 0 saturated heterocycles. The Kier molecular flexibility index (Phi) is 18.9. The number of nitrogens with zero attached hydrogens (tertiary/aromatic N) is 2. The largest absolute Gasteiger partial charge is 1.00 e. The molecule has 45 heavy (non-hydrogen) atoms. The molecule has 0 amide bonds. The van der Waals surface area contributed by atoms with Crippen LogP contribution >= 0.6 is 0 Å². The monoisotopic (exact) mass is 764 g/mol. The molecule has 224 valence electrons. The molecule has 0 spiro atoms. The molecular weight excluding hydrogens is 752 g/mol. The van der Waals surface area contributed by atoms with Crippen LogP contribution in [0.15, 0.2) is 72.3 Å². The van der Waals surface area contributed by atoms with Crippen molar-refractivity contribution in [3.05, 3.63) is 42.5 Å². The van der Waals surface area contributed by atoms with Gasteiger partial charge in [0.2, 0.25) is 10.4 Å². The van der Waals surface area contributed by atoms with E-state index in [2.05, 4.69) is 14.4 Å². The van der Waals surface area contributed by atoms with Gasteiger partial charge in [0.1, 0.15) is 36.0 Å². The number of phenolic OH excluding ortho intramolecular Hbond substituents is 1. The van der Waals surface area contributed by atoms with Gasteiger partial charge in [-0.05, 0) is 47.9 Å². The molecule has 3 aromatic rings. The number of rotatable bonds is 10. The van der Waals surface area contributed by atoms with E-state index in [-0.39, 0.29) is 130 Å². The van der Waals surface area contributed by atoms with E-state index in [1.54, 1.807) is 0 Å². The van der Waals surface area contributed by atoms with Crippen LogP contribution in [-0.4, -0.2) is 77.8 Å². The van der Waals surface area contributed by atoms with Crippen LogP contribution in [0.4, 0.5) is 11.4 Å². The summed E-state index contributed by atoms with van der Waals surface area (Å²) in [5, 5.41) is 15.8. The van der Waals surface area contributed by atoms with Crippen LogP contribution in [0.1, 0.15) is 0 Å². The number of benzene rings is 3. The van der Waals surface area contributed by atoms with Crippen molar-refractivity contribution < 1.29 is 188 Å². The van der Waals surface area contributed by atoms with Crippen LogP contribution in [0, 0.1) is 0 Å². The zero-order valence-electron chi connectivity index (χ0n) is 23.5. The summed E-state index contributed by atoms with van der Waals surface area (Å²) in [6.07, 6.45) is 0. The third-order valence-corrected chi connectivity index (χ3v) is 9.63. The molecule has 18 nitrogen and oxygen atoms in total. The van der Waals surface area contributed by atoms with E-state index in [9.17, 15) is 65.4 Å². The Labute approximate surface area is 345 Å². The molecule has 0 bridgehead atoms. The second-order valence-corrected chi connectivity index (χ2v) is 14.9. The standard InChI is InChI=1S/C18H16N2O16S5.4Na/c21-18-16-10(7-13(38(24,25)26)9-14(16)39(27,28)29)8-15(40(30,31)32)17(18)20-19-11-1-3-12(4-2-11)37(22,23)6-5-36-41(33,34)35;;;;/h1-4,7-9,21H,5-6H2,(H,24,25,26)(H,27,28,29)(H,30,31,32)(H,33,34,35);;;;/q;4*+1/p-4. The van der Waals surface area contributed by atoms with Crippen LogP contribution in [-0.2, 0) is 54.8 Å². The first kappa shape index (κ1) is 48.0. The Hall–Kier alpha value is 0.870. The topological polar surface area (TPSA) is 317 Å². The van der Waals surface area contributed by atoms with Crippen molar-refractivity contribution in [2.75, 3.05) is 12.4 Å². The van der Waals surface area contributed by atoms with Gasteiger partial charge in [0.05, 0.1) is 37.6 Å². The summed E-state index contributed by atoms with van der Waals surface area (Å²) in [4.78, 5) is -4.53. The molecule has 27 heteroatoms. The van der Waals surface area contributed by atoms with E-state index in [0.29, 0.717) is 12.1 Å². The molecule has 0 aromatic heterocycles. The number of hydrogen-bond acceptors (Lipinski definition) is 18. The van der Waals surface area contributed by atoms with Crippen LogP contribution in [0.25, 0.3) is 10.8 Å². The van der Waals surface area contributed by atoms with E-state index in [1.807, 2.05) is 0 Å². The molecule has 3 rings (SSSR count). The number of fused-ring (bicyclic) bond motifs is 1. The van der Waals surface area contributed by atoms with E-state index in [1.165, 1.54) is 0 Å². The van der Waals surface area contributed by atoms with Crippen LogP contribution in [0.5, 0.6) is 5.75 Å². The maximum atomic E-state index is 12.2. The van der Waals surface area contributed by atoms with E-state index < -0.39 is 105 Å². The predicted molar refractivity (Wildman–Crippen MR) is 128 cm³/mol. The van der Waals surface area contributed by atoms with Crippen molar-refractivity contribution in [3.8, 4) is 5.75 Å².